The Bertz CT molecular complexity index is 2020. The normalized spacial score (nSPS) is 27.9. The maximum Gasteiger partial charge on any atom is 0.318 e. The van der Waals surface area contributed by atoms with Crippen molar-refractivity contribution in [2.24, 2.45) is 5.92 Å². The number of ether oxygens (including phenoxy) is 3. The number of pyridine rings is 1. The molecule has 1 aromatic heterocycles. The molecule has 2 aliphatic carbocycles. The highest BCUT2D eigenvalue weighted by atomic mass is 32.2. The molecule has 2 saturated carbocycles. The van der Waals surface area contributed by atoms with Gasteiger partial charge in [-0.3, -0.25) is 19.1 Å². The summed E-state index contributed by atoms with van der Waals surface area (Å²) in [5, 5.41) is 5.69. The number of nitrogens with zero attached hydrogens (tertiary/aromatic N) is 3. The van der Waals surface area contributed by atoms with Crippen LogP contribution in [0.1, 0.15) is 77.2 Å². The Balaban J connectivity index is 1.21. The number of fused-ring (bicyclic) bond motifs is 3. The number of rotatable bonds is 9. The van der Waals surface area contributed by atoms with Crippen molar-refractivity contribution in [2.75, 3.05) is 26.7 Å². The number of aryl methyl sites for hydroxylation is 1. The van der Waals surface area contributed by atoms with Crippen molar-refractivity contribution in [3.8, 4) is 17.4 Å². The van der Waals surface area contributed by atoms with E-state index in [0.717, 1.165) is 18.4 Å². The molecule has 0 radical (unpaired) electrons. The molecule has 304 valence electrons. The van der Waals surface area contributed by atoms with Crippen LogP contribution in [-0.4, -0.2) is 115 Å². The summed E-state index contributed by atoms with van der Waals surface area (Å²) < 4.78 is 59.8. The van der Waals surface area contributed by atoms with E-state index in [4.69, 9.17) is 19.2 Å². The molecule has 3 aliphatic heterocycles. The summed E-state index contributed by atoms with van der Waals surface area (Å²) in [6.45, 7) is 5.44. The number of likely N-dealkylation sites (tertiary alicyclic amines) is 1. The van der Waals surface area contributed by atoms with Gasteiger partial charge in [-0.1, -0.05) is 25.0 Å². The second kappa shape index (κ2) is 15.7. The molecular weight excluding hydrogens is 748 g/mol. The van der Waals surface area contributed by atoms with E-state index in [9.17, 15) is 32.0 Å². The van der Waals surface area contributed by atoms with Gasteiger partial charge in [0.25, 0.3) is 5.91 Å². The third kappa shape index (κ3) is 8.23. The highest BCUT2D eigenvalue weighted by Crippen LogP contribution is 2.46. The number of nitrogens with one attached hydrogen (secondary N) is 3. The molecule has 15 nitrogen and oxygen atoms in total. The van der Waals surface area contributed by atoms with Crippen LogP contribution in [0.15, 0.2) is 30.4 Å². The molecule has 0 spiro atoms. The van der Waals surface area contributed by atoms with Gasteiger partial charge >= 0.3 is 6.03 Å². The Labute approximate surface area is 326 Å². The van der Waals surface area contributed by atoms with Crippen LogP contribution >= 0.6 is 0 Å². The number of sulfonamides is 1. The van der Waals surface area contributed by atoms with Gasteiger partial charge in [0.15, 0.2) is 0 Å². The molecule has 0 bridgehead atoms. The van der Waals surface area contributed by atoms with Gasteiger partial charge in [0.2, 0.25) is 27.7 Å². The molecule has 5 amide bonds. The maximum atomic E-state index is 14.6. The van der Waals surface area contributed by atoms with Crippen LogP contribution in [0.5, 0.6) is 17.4 Å². The number of carbonyl (C=O) groups is 4. The molecule has 7 rings (SSSR count). The van der Waals surface area contributed by atoms with Crippen LogP contribution in [0, 0.1) is 12.8 Å². The highest BCUT2D eigenvalue weighted by Gasteiger charge is 2.62. The Kier molecular flexibility index (Phi) is 11.1. The van der Waals surface area contributed by atoms with E-state index in [2.05, 4.69) is 15.4 Å². The Hall–Kier alpha value is -4.67. The predicted octanol–water partition coefficient (Wildman–Crippen LogP) is 3.42. The molecule has 17 heteroatoms. The molecule has 5 atom stereocenters. The van der Waals surface area contributed by atoms with Crippen LogP contribution in [0.4, 0.5) is 9.18 Å². The molecule has 3 N–H and O–H groups in total. The maximum absolute atomic E-state index is 14.6. The number of methoxy groups -OCH3 is 1. The molecular formula is C39H51FN6O9S. The number of halogens is 1. The van der Waals surface area contributed by atoms with Crippen molar-refractivity contribution in [3.05, 3.63) is 35.9 Å². The Morgan fingerprint density at radius 2 is 1.84 bits per heavy atom. The van der Waals surface area contributed by atoms with Crippen LogP contribution in [0.25, 0.3) is 10.9 Å². The van der Waals surface area contributed by atoms with Gasteiger partial charge in [-0.05, 0) is 71.4 Å². The van der Waals surface area contributed by atoms with Gasteiger partial charge in [0.1, 0.15) is 41.4 Å². The smallest absolute Gasteiger partial charge is 0.318 e. The third-order valence-electron chi connectivity index (χ3n) is 11.3. The van der Waals surface area contributed by atoms with Gasteiger partial charge in [-0.15, -0.1) is 0 Å². The summed E-state index contributed by atoms with van der Waals surface area (Å²) in [4.78, 5) is 63.4. The molecule has 4 heterocycles. The van der Waals surface area contributed by atoms with Gasteiger partial charge in [0.05, 0.1) is 43.6 Å². The van der Waals surface area contributed by atoms with E-state index in [1.165, 1.54) is 9.80 Å². The zero-order valence-electron chi connectivity index (χ0n) is 32.2. The van der Waals surface area contributed by atoms with Gasteiger partial charge in [0, 0.05) is 29.4 Å². The Morgan fingerprint density at radius 3 is 2.54 bits per heavy atom. The average molecular weight is 799 g/mol. The molecule has 56 heavy (non-hydrogen) atoms. The lowest BCUT2D eigenvalue weighted by Crippen LogP contribution is -2.61. The lowest BCUT2D eigenvalue weighted by molar-refractivity contribution is -0.141. The lowest BCUT2D eigenvalue weighted by atomic mass is 10.0. The van der Waals surface area contributed by atoms with Crippen molar-refractivity contribution < 1.29 is 46.2 Å². The summed E-state index contributed by atoms with van der Waals surface area (Å²) in [6, 6.07) is 2.56. The standard InChI is InChI=1S/C39H51FN6O9S/c1-22(2)54-33-17-32(28-14-15-31(53-4)23(3)34(28)42-33)55-26-16-30-35(47)43-39(37(49)44-56(51,52)27-12-13-27)18-24(39)10-8-6-5-7-9-11-29(36(48)46(30)21-26)41-38(50)45-19-25(40)20-45/h8,10,14-15,17,22,24-27,29-30H,5-7,9,11-13,16,18-21H2,1-4H3,(H,41,50)(H,43,47)(H,44,49)/b10-8-/t24?,26-,29+,30+,39-/m1/s1. The summed E-state index contributed by atoms with van der Waals surface area (Å²) in [7, 11) is -2.35. The first-order chi connectivity index (χ1) is 26.7. The number of alkyl halides is 1. The monoisotopic (exact) mass is 798 g/mol. The molecule has 1 unspecified atom stereocenters. The van der Waals surface area contributed by atoms with E-state index < -0.39 is 74.8 Å². The number of aromatic nitrogens is 1. The molecule has 5 aliphatic rings. The minimum atomic E-state index is -3.91. The number of carbonyl (C=O) groups excluding carboxylic acids is 4. The summed E-state index contributed by atoms with van der Waals surface area (Å²) >= 11 is 0. The van der Waals surface area contributed by atoms with Crippen molar-refractivity contribution in [1.82, 2.24) is 30.1 Å². The fourth-order valence-corrected chi connectivity index (χ4v) is 9.20. The van der Waals surface area contributed by atoms with Crippen molar-refractivity contribution in [3.63, 3.8) is 0 Å². The van der Waals surface area contributed by atoms with E-state index in [-0.39, 0.29) is 45.0 Å². The van der Waals surface area contributed by atoms with Crippen molar-refractivity contribution >= 4 is 44.7 Å². The molecule has 2 aromatic rings. The highest BCUT2D eigenvalue weighted by molar-refractivity contribution is 7.91. The predicted molar refractivity (Wildman–Crippen MR) is 203 cm³/mol. The Morgan fingerprint density at radius 1 is 1.07 bits per heavy atom. The summed E-state index contributed by atoms with van der Waals surface area (Å²) in [6.07, 6.45) is 5.92. The summed E-state index contributed by atoms with van der Waals surface area (Å²) in [5.74, 6) is -1.07. The number of benzene rings is 1. The SMILES string of the molecule is COc1ccc2c(O[C@@H]3C[C@H]4C(=O)N[C@]5(C(=O)NS(=O)(=O)C6CC6)CC5/C=C\CCCCC[C@H](NC(=O)N5CC(F)C5)C(=O)N4C3)cc(OC(C)C)nc2c1C. The second-order valence-corrected chi connectivity index (χ2v) is 17.9. The van der Waals surface area contributed by atoms with Gasteiger partial charge < -0.3 is 34.6 Å². The van der Waals surface area contributed by atoms with E-state index in [1.54, 1.807) is 19.2 Å². The number of hydrogen-bond acceptors (Lipinski definition) is 10. The number of amides is 5. The number of allylic oxidation sites excluding steroid dienone is 1. The van der Waals surface area contributed by atoms with Crippen LogP contribution in [-0.2, 0) is 24.4 Å². The third-order valence-corrected chi connectivity index (χ3v) is 13.1. The van der Waals surface area contributed by atoms with Crippen LogP contribution < -0.4 is 29.6 Å². The first kappa shape index (κ1) is 39.6. The fraction of sp³-hybridized carbons (Fsp3) is 0.615. The van der Waals surface area contributed by atoms with Gasteiger partial charge in [-0.2, -0.15) is 0 Å². The van der Waals surface area contributed by atoms with Gasteiger partial charge in [-0.25, -0.2) is 22.6 Å². The minimum absolute atomic E-state index is 0.0196. The van der Waals surface area contributed by atoms with Crippen molar-refractivity contribution in [1.29, 1.82) is 0 Å². The zero-order chi connectivity index (χ0) is 39.9. The first-order valence-electron chi connectivity index (χ1n) is 19.6. The second-order valence-electron chi connectivity index (χ2n) is 15.9. The molecule has 1 aromatic carbocycles. The summed E-state index contributed by atoms with van der Waals surface area (Å²) in [5.41, 5.74) is -0.179. The largest absolute Gasteiger partial charge is 0.496 e. The minimum Gasteiger partial charge on any atom is -0.496 e. The topological polar surface area (TPSA) is 186 Å². The quantitative estimate of drug-likeness (QED) is 0.318. The van der Waals surface area contributed by atoms with Crippen molar-refractivity contribution in [2.45, 2.75) is 120 Å². The number of hydrogen-bond donors (Lipinski definition) is 3. The fourth-order valence-electron chi connectivity index (χ4n) is 7.84. The lowest BCUT2D eigenvalue weighted by Gasteiger charge is -2.36. The van der Waals surface area contributed by atoms with E-state index in [0.29, 0.717) is 54.0 Å². The number of urea groups is 1. The molecule has 2 saturated heterocycles. The first-order valence-corrected chi connectivity index (χ1v) is 21.1. The zero-order valence-corrected chi connectivity index (χ0v) is 33.0. The average Bonchev–Trinajstić information content (AvgIpc) is 4.06. The van der Waals surface area contributed by atoms with Crippen LogP contribution in [0.2, 0.25) is 0 Å². The van der Waals surface area contributed by atoms with E-state index >= 15 is 0 Å². The van der Waals surface area contributed by atoms with Crippen LogP contribution in [0.3, 0.4) is 0 Å². The van der Waals surface area contributed by atoms with E-state index in [1.807, 2.05) is 39.0 Å². The molecule has 4 fully saturated rings.